The third-order valence-corrected chi connectivity index (χ3v) is 2.99. The fraction of sp³-hybridized carbons (Fsp3) is 0.250. The third-order valence-electron chi connectivity index (χ3n) is 2.17. The van der Waals surface area contributed by atoms with Crippen molar-refractivity contribution in [2.75, 3.05) is 12.4 Å². The fourth-order valence-corrected chi connectivity index (χ4v) is 1.98. The van der Waals surface area contributed by atoms with Gasteiger partial charge in [0.2, 0.25) is 0 Å². The van der Waals surface area contributed by atoms with Crippen molar-refractivity contribution in [2.45, 2.75) is 11.8 Å². The van der Waals surface area contributed by atoms with E-state index in [1.165, 1.54) is 11.8 Å². The van der Waals surface area contributed by atoms with Crippen molar-refractivity contribution in [3.8, 4) is 5.75 Å². The number of hydrogen-bond acceptors (Lipinski definition) is 5. The Morgan fingerprint density at radius 3 is 3.00 bits per heavy atom. The topological polar surface area (TPSA) is 61.3 Å². The van der Waals surface area contributed by atoms with Gasteiger partial charge in [-0.05, 0) is 6.07 Å². The largest absolute Gasteiger partial charge is 0.492 e. The minimum atomic E-state index is 0.489. The molecule has 0 amide bonds. The first-order valence-electron chi connectivity index (χ1n) is 5.33. The Hall–Kier alpha value is -1.46. The number of benzene rings is 1. The maximum absolute atomic E-state index is 5.66. The predicted molar refractivity (Wildman–Crippen MR) is 67.1 cm³/mol. The predicted octanol–water partition coefficient (Wildman–Crippen LogP) is 2.30. The molecule has 0 saturated carbocycles. The maximum Gasteiger partial charge on any atom is 0.255 e. The van der Waals surface area contributed by atoms with Gasteiger partial charge < -0.3 is 14.9 Å². The molecular formula is C12H14N2O2S. The van der Waals surface area contributed by atoms with Gasteiger partial charge in [0.05, 0.1) is 12.8 Å². The van der Waals surface area contributed by atoms with E-state index < -0.39 is 0 Å². The molecule has 4 nitrogen and oxygen atoms in total. The average Bonchev–Trinajstić information content (AvgIpc) is 2.88. The van der Waals surface area contributed by atoms with Gasteiger partial charge >= 0.3 is 0 Å². The number of rotatable bonds is 6. The molecule has 0 bridgehead atoms. The summed E-state index contributed by atoms with van der Waals surface area (Å²) in [5.41, 5.74) is 6.64. The summed E-state index contributed by atoms with van der Waals surface area (Å²) in [5, 5.41) is 0.667. The molecule has 2 N–H and O–H groups in total. The number of nitrogens with two attached hydrogens (primary N) is 1. The molecule has 17 heavy (non-hydrogen) atoms. The zero-order chi connectivity index (χ0) is 11.9. The van der Waals surface area contributed by atoms with E-state index in [4.69, 9.17) is 14.9 Å². The number of hydrogen-bond donors (Lipinski definition) is 1. The molecule has 5 heteroatoms. The van der Waals surface area contributed by atoms with Crippen LogP contribution in [-0.4, -0.2) is 17.3 Å². The summed E-state index contributed by atoms with van der Waals surface area (Å²) in [7, 11) is 0. The van der Waals surface area contributed by atoms with Crippen LogP contribution >= 0.6 is 11.8 Å². The Morgan fingerprint density at radius 2 is 2.24 bits per heavy atom. The van der Waals surface area contributed by atoms with Gasteiger partial charge in [0, 0.05) is 17.9 Å². The molecule has 2 rings (SSSR count). The number of nitrogens with zero attached hydrogens (tertiary/aromatic N) is 1. The molecule has 0 radical (unpaired) electrons. The first kappa shape index (κ1) is 12.0. The first-order chi connectivity index (χ1) is 8.40. The zero-order valence-electron chi connectivity index (χ0n) is 9.33. The highest BCUT2D eigenvalue weighted by molar-refractivity contribution is 7.99. The number of oxazole rings is 1. The second-order valence-electron chi connectivity index (χ2n) is 3.31. The van der Waals surface area contributed by atoms with Crippen LogP contribution < -0.4 is 10.5 Å². The van der Waals surface area contributed by atoms with E-state index in [1.807, 2.05) is 24.3 Å². The van der Waals surface area contributed by atoms with Gasteiger partial charge in [-0.15, -0.1) is 0 Å². The van der Waals surface area contributed by atoms with Crippen LogP contribution in [0.5, 0.6) is 5.75 Å². The van der Waals surface area contributed by atoms with Gasteiger partial charge in [-0.25, -0.2) is 4.98 Å². The summed E-state index contributed by atoms with van der Waals surface area (Å²) >= 11 is 1.53. The highest BCUT2D eigenvalue weighted by Gasteiger charge is 2.02. The minimum absolute atomic E-state index is 0.489. The number of ether oxygens (including phenoxy) is 1. The lowest BCUT2D eigenvalue weighted by Gasteiger charge is -2.09. The summed E-state index contributed by atoms with van der Waals surface area (Å²) < 4.78 is 10.8. The molecular weight excluding hydrogens is 236 g/mol. The van der Waals surface area contributed by atoms with Crippen LogP contribution in [0.2, 0.25) is 0 Å². The smallest absolute Gasteiger partial charge is 0.255 e. The standard InChI is InChI=1S/C12H14N2O2S/c13-9-10-3-1-2-4-11(10)15-7-8-17-12-14-5-6-16-12/h1-6H,7-9,13H2. The highest BCUT2D eigenvalue weighted by Crippen LogP contribution is 2.19. The van der Waals surface area contributed by atoms with Crippen LogP contribution in [0.1, 0.15) is 5.56 Å². The first-order valence-corrected chi connectivity index (χ1v) is 6.32. The maximum atomic E-state index is 5.66. The summed E-state index contributed by atoms with van der Waals surface area (Å²) in [6, 6.07) is 7.79. The molecule has 0 aliphatic carbocycles. The molecule has 0 fully saturated rings. The second kappa shape index (κ2) is 6.32. The fourth-order valence-electron chi connectivity index (χ4n) is 1.38. The third kappa shape index (κ3) is 3.51. The highest BCUT2D eigenvalue weighted by atomic mass is 32.2. The minimum Gasteiger partial charge on any atom is -0.492 e. The molecule has 90 valence electrons. The van der Waals surface area contributed by atoms with Gasteiger partial charge in [-0.2, -0.15) is 0 Å². The molecule has 0 unspecified atom stereocenters. The van der Waals surface area contributed by atoms with E-state index >= 15 is 0 Å². The Bertz CT molecular complexity index is 446. The molecule has 1 aromatic heterocycles. The van der Waals surface area contributed by atoms with Crippen LogP contribution in [0.4, 0.5) is 0 Å². The van der Waals surface area contributed by atoms with E-state index in [1.54, 1.807) is 12.5 Å². The van der Waals surface area contributed by atoms with Crippen molar-refractivity contribution in [3.05, 3.63) is 42.3 Å². The van der Waals surface area contributed by atoms with Crippen molar-refractivity contribution < 1.29 is 9.15 Å². The van der Waals surface area contributed by atoms with Crippen LogP contribution in [0, 0.1) is 0 Å². The Balaban J connectivity index is 1.78. The molecule has 0 aliphatic rings. The van der Waals surface area contributed by atoms with Crippen molar-refractivity contribution >= 4 is 11.8 Å². The molecule has 1 heterocycles. The van der Waals surface area contributed by atoms with E-state index in [-0.39, 0.29) is 0 Å². The summed E-state index contributed by atoms with van der Waals surface area (Å²) in [4.78, 5) is 4.02. The van der Waals surface area contributed by atoms with Crippen LogP contribution in [0.15, 0.2) is 46.4 Å². The number of thioether (sulfide) groups is 1. The van der Waals surface area contributed by atoms with E-state index in [0.29, 0.717) is 18.4 Å². The normalized spacial score (nSPS) is 10.4. The average molecular weight is 250 g/mol. The summed E-state index contributed by atoms with van der Waals surface area (Å²) in [6.45, 7) is 1.09. The summed E-state index contributed by atoms with van der Waals surface area (Å²) in [6.07, 6.45) is 3.19. The molecule has 0 spiro atoms. The van der Waals surface area contributed by atoms with E-state index in [2.05, 4.69) is 4.98 Å². The van der Waals surface area contributed by atoms with Crippen molar-refractivity contribution in [3.63, 3.8) is 0 Å². The lowest BCUT2D eigenvalue weighted by atomic mass is 10.2. The molecule has 0 aliphatic heterocycles. The van der Waals surface area contributed by atoms with Gasteiger partial charge in [-0.1, -0.05) is 30.0 Å². The number of para-hydroxylation sites is 1. The van der Waals surface area contributed by atoms with Crippen molar-refractivity contribution in [1.29, 1.82) is 0 Å². The molecule has 1 aromatic carbocycles. The van der Waals surface area contributed by atoms with E-state index in [0.717, 1.165) is 17.1 Å². The van der Waals surface area contributed by atoms with E-state index in [9.17, 15) is 0 Å². The van der Waals surface area contributed by atoms with Crippen LogP contribution in [0.25, 0.3) is 0 Å². The van der Waals surface area contributed by atoms with Gasteiger partial charge in [0.1, 0.15) is 12.0 Å². The quantitative estimate of drug-likeness (QED) is 0.629. The molecule has 0 atom stereocenters. The molecule has 2 aromatic rings. The lowest BCUT2D eigenvalue weighted by molar-refractivity contribution is 0.339. The SMILES string of the molecule is NCc1ccccc1OCCSc1ncco1. The monoisotopic (exact) mass is 250 g/mol. The Kier molecular flexibility index (Phi) is 4.46. The van der Waals surface area contributed by atoms with Crippen molar-refractivity contribution in [1.82, 2.24) is 4.98 Å². The number of aromatic nitrogens is 1. The van der Waals surface area contributed by atoms with Crippen LogP contribution in [0.3, 0.4) is 0 Å². The van der Waals surface area contributed by atoms with Gasteiger partial charge in [0.15, 0.2) is 0 Å². The second-order valence-corrected chi connectivity index (χ2v) is 4.35. The van der Waals surface area contributed by atoms with Gasteiger partial charge in [-0.3, -0.25) is 0 Å². The Morgan fingerprint density at radius 1 is 1.35 bits per heavy atom. The van der Waals surface area contributed by atoms with Crippen LogP contribution in [-0.2, 0) is 6.54 Å². The molecule has 0 saturated heterocycles. The zero-order valence-corrected chi connectivity index (χ0v) is 10.2. The lowest BCUT2D eigenvalue weighted by Crippen LogP contribution is -2.05. The van der Waals surface area contributed by atoms with Crippen molar-refractivity contribution in [2.24, 2.45) is 5.73 Å². The van der Waals surface area contributed by atoms with Gasteiger partial charge in [0.25, 0.3) is 5.22 Å². The Labute approximate surface area is 104 Å². The summed E-state index contributed by atoms with van der Waals surface area (Å²) in [5.74, 6) is 1.64.